The number of aromatic amines is 1. The van der Waals surface area contributed by atoms with Crippen LogP contribution in [0.2, 0.25) is 10.0 Å². The molecule has 0 aliphatic carbocycles. The van der Waals surface area contributed by atoms with Gasteiger partial charge in [-0.2, -0.15) is 5.10 Å². The minimum atomic E-state index is -0.190. The summed E-state index contributed by atoms with van der Waals surface area (Å²) >= 11 is 11.8. The monoisotopic (exact) mass is 359 g/mol. The van der Waals surface area contributed by atoms with E-state index in [4.69, 9.17) is 23.2 Å². The Balaban J connectivity index is 1.58. The number of halogens is 2. The molecular formula is C18H15Cl2N3O. The number of rotatable bonds is 5. The van der Waals surface area contributed by atoms with Gasteiger partial charge in [0.1, 0.15) is 5.69 Å². The minimum absolute atomic E-state index is 0.190. The summed E-state index contributed by atoms with van der Waals surface area (Å²) in [6, 6.07) is 16.6. The number of nitrogens with one attached hydrogen (secondary N) is 2. The molecule has 0 unspecified atom stereocenters. The number of carbonyl (C=O) groups excluding carboxylic acids is 1. The molecule has 0 spiro atoms. The molecule has 0 atom stereocenters. The summed E-state index contributed by atoms with van der Waals surface area (Å²) in [6.07, 6.45) is 0.734. The van der Waals surface area contributed by atoms with E-state index in [0.717, 1.165) is 17.5 Å². The second-order valence-corrected chi connectivity index (χ2v) is 6.18. The normalized spacial score (nSPS) is 10.6. The maximum absolute atomic E-state index is 12.2. The van der Waals surface area contributed by atoms with Crippen molar-refractivity contribution in [1.29, 1.82) is 0 Å². The number of carbonyl (C=O) groups is 1. The lowest BCUT2D eigenvalue weighted by Gasteiger charge is -2.04. The molecule has 2 N–H and O–H groups in total. The summed E-state index contributed by atoms with van der Waals surface area (Å²) < 4.78 is 0. The maximum atomic E-state index is 12.2. The topological polar surface area (TPSA) is 57.8 Å². The minimum Gasteiger partial charge on any atom is -0.350 e. The van der Waals surface area contributed by atoms with E-state index in [1.165, 1.54) is 0 Å². The van der Waals surface area contributed by atoms with Crippen molar-refractivity contribution in [3.63, 3.8) is 0 Å². The average molecular weight is 360 g/mol. The third-order valence-corrected chi connectivity index (χ3v) is 4.04. The molecule has 1 heterocycles. The highest BCUT2D eigenvalue weighted by Gasteiger charge is 2.10. The number of hydrogen-bond donors (Lipinski definition) is 2. The van der Waals surface area contributed by atoms with Crippen molar-refractivity contribution in [1.82, 2.24) is 15.5 Å². The summed E-state index contributed by atoms with van der Waals surface area (Å²) in [5.41, 5.74) is 3.07. The fourth-order valence-electron chi connectivity index (χ4n) is 2.30. The van der Waals surface area contributed by atoms with Gasteiger partial charge in [0.15, 0.2) is 0 Å². The Kier molecular flexibility index (Phi) is 5.18. The van der Waals surface area contributed by atoms with Crippen molar-refractivity contribution >= 4 is 29.1 Å². The van der Waals surface area contributed by atoms with Crippen LogP contribution in [0, 0.1) is 0 Å². The molecule has 24 heavy (non-hydrogen) atoms. The zero-order chi connectivity index (χ0) is 16.9. The van der Waals surface area contributed by atoms with Crippen LogP contribution in [0.4, 0.5) is 0 Å². The van der Waals surface area contributed by atoms with Crippen LogP contribution in [0.25, 0.3) is 11.3 Å². The molecular weight excluding hydrogens is 345 g/mol. The third-order valence-electron chi connectivity index (χ3n) is 3.56. The summed E-state index contributed by atoms with van der Waals surface area (Å²) in [5, 5.41) is 11.1. The van der Waals surface area contributed by atoms with Crippen molar-refractivity contribution in [3.8, 4) is 11.3 Å². The Bertz CT molecular complexity index is 843. The molecule has 2 aromatic carbocycles. The van der Waals surface area contributed by atoms with Gasteiger partial charge in [0, 0.05) is 22.2 Å². The highest BCUT2D eigenvalue weighted by atomic mass is 35.5. The van der Waals surface area contributed by atoms with Crippen LogP contribution in [-0.4, -0.2) is 22.6 Å². The maximum Gasteiger partial charge on any atom is 0.269 e. The van der Waals surface area contributed by atoms with Crippen LogP contribution >= 0.6 is 23.2 Å². The van der Waals surface area contributed by atoms with E-state index in [2.05, 4.69) is 15.5 Å². The van der Waals surface area contributed by atoms with Gasteiger partial charge in [-0.3, -0.25) is 9.89 Å². The van der Waals surface area contributed by atoms with Crippen LogP contribution in [0.5, 0.6) is 0 Å². The first-order valence-electron chi connectivity index (χ1n) is 7.46. The number of H-pyrrole nitrogens is 1. The lowest BCUT2D eigenvalue weighted by molar-refractivity contribution is 0.0949. The molecule has 3 aromatic rings. The molecule has 0 aliphatic rings. The van der Waals surface area contributed by atoms with Gasteiger partial charge >= 0.3 is 0 Å². The number of benzene rings is 2. The standard InChI is InChI=1S/C18H15Cl2N3O/c19-14-6-4-12(5-7-14)8-9-21-18(24)17-11-16(22-23-17)13-2-1-3-15(20)10-13/h1-7,10-11H,8-9H2,(H,21,24)(H,22,23). The van der Waals surface area contributed by atoms with Gasteiger partial charge in [-0.05, 0) is 42.3 Å². The molecule has 0 fully saturated rings. The average Bonchev–Trinajstić information content (AvgIpc) is 3.07. The molecule has 3 rings (SSSR count). The predicted octanol–water partition coefficient (Wildman–Crippen LogP) is 4.36. The molecule has 0 radical (unpaired) electrons. The van der Waals surface area contributed by atoms with E-state index in [0.29, 0.717) is 28.0 Å². The Morgan fingerprint density at radius 1 is 1.04 bits per heavy atom. The number of aromatic nitrogens is 2. The van der Waals surface area contributed by atoms with Crippen LogP contribution in [0.15, 0.2) is 54.6 Å². The molecule has 0 bridgehead atoms. The van der Waals surface area contributed by atoms with E-state index < -0.39 is 0 Å². The van der Waals surface area contributed by atoms with Gasteiger partial charge in [0.25, 0.3) is 5.91 Å². The zero-order valence-corrected chi connectivity index (χ0v) is 14.2. The fraction of sp³-hybridized carbons (Fsp3) is 0.111. The first-order chi connectivity index (χ1) is 11.6. The molecule has 0 aliphatic heterocycles. The molecule has 1 aromatic heterocycles. The number of hydrogen-bond acceptors (Lipinski definition) is 2. The third kappa shape index (κ3) is 4.16. The Labute approximate surface area is 149 Å². The predicted molar refractivity (Wildman–Crippen MR) is 96.5 cm³/mol. The highest BCUT2D eigenvalue weighted by molar-refractivity contribution is 6.31. The summed E-state index contributed by atoms with van der Waals surface area (Å²) in [4.78, 5) is 12.2. The summed E-state index contributed by atoms with van der Waals surface area (Å²) in [5.74, 6) is -0.190. The van der Waals surface area contributed by atoms with Gasteiger partial charge in [-0.1, -0.05) is 47.5 Å². The van der Waals surface area contributed by atoms with E-state index in [-0.39, 0.29) is 5.91 Å². The second-order valence-electron chi connectivity index (χ2n) is 5.31. The lowest BCUT2D eigenvalue weighted by atomic mass is 10.1. The van der Waals surface area contributed by atoms with E-state index >= 15 is 0 Å². The second kappa shape index (κ2) is 7.51. The SMILES string of the molecule is O=C(NCCc1ccc(Cl)cc1)c1cc(-c2cccc(Cl)c2)n[nH]1. The van der Waals surface area contributed by atoms with E-state index in [9.17, 15) is 4.79 Å². The van der Waals surface area contributed by atoms with Gasteiger partial charge in [-0.15, -0.1) is 0 Å². The van der Waals surface area contributed by atoms with Crippen molar-refractivity contribution in [2.75, 3.05) is 6.54 Å². The Morgan fingerprint density at radius 2 is 1.83 bits per heavy atom. The quantitative estimate of drug-likeness (QED) is 0.711. The Morgan fingerprint density at radius 3 is 2.58 bits per heavy atom. The van der Waals surface area contributed by atoms with E-state index in [1.807, 2.05) is 36.4 Å². The lowest BCUT2D eigenvalue weighted by Crippen LogP contribution is -2.26. The van der Waals surface area contributed by atoms with Crippen LogP contribution in [-0.2, 0) is 6.42 Å². The van der Waals surface area contributed by atoms with E-state index in [1.54, 1.807) is 18.2 Å². The smallest absolute Gasteiger partial charge is 0.269 e. The fourth-order valence-corrected chi connectivity index (χ4v) is 2.62. The highest BCUT2D eigenvalue weighted by Crippen LogP contribution is 2.21. The van der Waals surface area contributed by atoms with Gasteiger partial charge in [0.2, 0.25) is 0 Å². The first kappa shape index (κ1) is 16.6. The van der Waals surface area contributed by atoms with Crippen molar-refractivity contribution < 1.29 is 4.79 Å². The molecule has 0 saturated heterocycles. The molecule has 1 amide bonds. The van der Waals surface area contributed by atoms with Crippen molar-refractivity contribution in [2.45, 2.75) is 6.42 Å². The summed E-state index contributed by atoms with van der Waals surface area (Å²) in [7, 11) is 0. The van der Waals surface area contributed by atoms with Crippen LogP contribution in [0.3, 0.4) is 0 Å². The zero-order valence-electron chi connectivity index (χ0n) is 12.7. The molecule has 0 saturated carbocycles. The number of nitrogens with zero attached hydrogens (tertiary/aromatic N) is 1. The van der Waals surface area contributed by atoms with Gasteiger partial charge in [0.05, 0.1) is 5.69 Å². The van der Waals surface area contributed by atoms with Gasteiger partial charge in [-0.25, -0.2) is 0 Å². The Hall–Kier alpha value is -2.30. The van der Waals surface area contributed by atoms with Crippen LogP contribution in [0.1, 0.15) is 16.1 Å². The summed E-state index contributed by atoms with van der Waals surface area (Å²) in [6.45, 7) is 0.534. The molecule has 6 heteroatoms. The largest absolute Gasteiger partial charge is 0.350 e. The molecule has 122 valence electrons. The molecule has 4 nitrogen and oxygen atoms in total. The van der Waals surface area contributed by atoms with Crippen molar-refractivity contribution in [2.24, 2.45) is 0 Å². The number of amides is 1. The van der Waals surface area contributed by atoms with Crippen LogP contribution < -0.4 is 5.32 Å². The first-order valence-corrected chi connectivity index (χ1v) is 8.21. The van der Waals surface area contributed by atoms with Crippen molar-refractivity contribution in [3.05, 3.63) is 75.9 Å². The van der Waals surface area contributed by atoms with Gasteiger partial charge < -0.3 is 5.32 Å².